The highest BCUT2D eigenvalue weighted by Gasteiger charge is 2.32. The molecule has 0 radical (unpaired) electrons. The molecule has 1 aromatic carbocycles. The van der Waals surface area contributed by atoms with Crippen molar-refractivity contribution in [2.45, 2.75) is 25.8 Å². The number of anilines is 1. The van der Waals surface area contributed by atoms with E-state index in [0.29, 0.717) is 13.0 Å². The second-order valence-corrected chi connectivity index (χ2v) is 6.27. The number of benzene rings is 1. The molecule has 2 heterocycles. The highest BCUT2D eigenvalue weighted by Crippen LogP contribution is 2.27. The van der Waals surface area contributed by atoms with Crippen molar-refractivity contribution in [1.82, 2.24) is 19.9 Å². The van der Waals surface area contributed by atoms with Crippen LogP contribution in [0, 0.1) is 6.92 Å². The van der Waals surface area contributed by atoms with Crippen LogP contribution in [0.5, 0.6) is 0 Å². The minimum absolute atomic E-state index is 0.0149. The molecule has 1 aliphatic heterocycles. The van der Waals surface area contributed by atoms with E-state index in [4.69, 9.17) is 0 Å². The summed E-state index contributed by atoms with van der Waals surface area (Å²) in [7, 11) is 3.32. The van der Waals surface area contributed by atoms with Gasteiger partial charge in [-0.2, -0.15) is 0 Å². The quantitative estimate of drug-likeness (QED) is 0.859. The molecule has 2 aromatic rings. The third-order valence-corrected chi connectivity index (χ3v) is 4.21. The molecule has 1 saturated heterocycles. The van der Waals surface area contributed by atoms with E-state index in [-0.39, 0.29) is 17.5 Å². The van der Waals surface area contributed by atoms with Gasteiger partial charge in [0.1, 0.15) is 6.04 Å². The fourth-order valence-electron chi connectivity index (χ4n) is 2.84. The number of amides is 2. The van der Waals surface area contributed by atoms with Gasteiger partial charge in [0.2, 0.25) is 0 Å². The van der Waals surface area contributed by atoms with E-state index in [1.807, 2.05) is 31.2 Å². The highest BCUT2D eigenvalue weighted by atomic mass is 16.2. The van der Waals surface area contributed by atoms with Crippen molar-refractivity contribution < 1.29 is 9.59 Å². The van der Waals surface area contributed by atoms with Crippen molar-refractivity contribution in [2.24, 2.45) is 0 Å². The lowest BCUT2D eigenvalue weighted by atomic mass is 10.0. The Kier molecular flexibility index (Phi) is 4.33. The minimum Gasteiger partial charge on any atom is -0.343 e. The second kappa shape index (κ2) is 6.43. The summed E-state index contributed by atoms with van der Waals surface area (Å²) in [4.78, 5) is 28.0. The number of carbonyl (C=O) groups is 2. The Morgan fingerprint density at radius 1 is 1.25 bits per heavy atom. The molecular weight excluding hydrogens is 306 g/mol. The van der Waals surface area contributed by atoms with E-state index in [2.05, 4.69) is 10.3 Å². The fourth-order valence-corrected chi connectivity index (χ4v) is 2.84. The third kappa shape index (κ3) is 3.02. The molecule has 0 bridgehead atoms. The van der Waals surface area contributed by atoms with Crippen LogP contribution in [-0.2, 0) is 4.79 Å². The molecule has 2 amide bonds. The average molecular weight is 327 g/mol. The van der Waals surface area contributed by atoms with Crippen molar-refractivity contribution in [3.8, 4) is 0 Å². The van der Waals surface area contributed by atoms with Gasteiger partial charge in [0.05, 0.1) is 6.20 Å². The first-order valence-electron chi connectivity index (χ1n) is 7.99. The molecule has 1 aliphatic rings. The SMILES string of the molecule is Cc1ccc(N2CCCC(n3cc(C(=O)N(C)C)nn3)C2=O)cc1. The Labute approximate surface area is 140 Å². The summed E-state index contributed by atoms with van der Waals surface area (Å²) < 4.78 is 1.51. The molecule has 3 rings (SSSR count). The lowest BCUT2D eigenvalue weighted by molar-refractivity contribution is -0.123. The van der Waals surface area contributed by atoms with E-state index in [0.717, 1.165) is 17.7 Å². The van der Waals surface area contributed by atoms with Crippen LogP contribution in [0.3, 0.4) is 0 Å². The van der Waals surface area contributed by atoms with Gasteiger partial charge in [-0.05, 0) is 31.9 Å². The highest BCUT2D eigenvalue weighted by molar-refractivity contribution is 5.97. The molecule has 1 atom stereocenters. The zero-order chi connectivity index (χ0) is 17.3. The van der Waals surface area contributed by atoms with Gasteiger partial charge in [0.15, 0.2) is 5.69 Å². The molecule has 1 unspecified atom stereocenters. The summed E-state index contributed by atoms with van der Waals surface area (Å²) >= 11 is 0. The third-order valence-electron chi connectivity index (χ3n) is 4.21. The maximum absolute atomic E-state index is 12.9. The van der Waals surface area contributed by atoms with Crippen LogP contribution < -0.4 is 4.90 Å². The van der Waals surface area contributed by atoms with Crippen molar-refractivity contribution in [3.05, 3.63) is 41.7 Å². The van der Waals surface area contributed by atoms with E-state index in [1.165, 1.54) is 9.58 Å². The lowest BCUT2D eigenvalue weighted by Gasteiger charge is -2.32. The Morgan fingerprint density at radius 3 is 2.62 bits per heavy atom. The van der Waals surface area contributed by atoms with Crippen molar-refractivity contribution in [3.63, 3.8) is 0 Å². The summed E-state index contributed by atoms with van der Waals surface area (Å²) in [6.45, 7) is 2.71. The minimum atomic E-state index is -0.420. The number of hydrogen-bond donors (Lipinski definition) is 0. The first-order valence-corrected chi connectivity index (χ1v) is 7.99. The molecular formula is C17H21N5O2. The number of nitrogens with zero attached hydrogens (tertiary/aromatic N) is 5. The number of aryl methyl sites for hydroxylation is 1. The van der Waals surface area contributed by atoms with E-state index >= 15 is 0 Å². The topological polar surface area (TPSA) is 71.3 Å². The van der Waals surface area contributed by atoms with Gasteiger partial charge in [0.25, 0.3) is 11.8 Å². The number of carbonyl (C=O) groups excluding carboxylic acids is 2. The van der Waals surface area contributed by atoms with Gasteiger partial charge >= 0.3 is 0 Å². The molecule has 24 heavy (non-hydrogen) atoms. The molecule has 0 saturated carbocycles. The molecule has 0 N–H and O–H groups in total. The maximum Gasteiger partial charge on any atom is 0.275 e. The monoisotopic (exact) mass is 327 g/mol. The fraction of sp³-hybridized carbons (Fsp3) is 0.412. The number of piperidine rings is 1. The predicted molar refractivity (Wildman–Crippen MR) is 89.8 cm³/mol. The standard InChI is InChI=1S/C17H21N5O2/c1-12-6-8-13(9-7-12)21-10-4-5-15(17(21)24)22-11-14(18-19-22)16(23)20(2)3/h6-9,11,15H,4-5,10H2,1-3H3. The summed E-state index contributed by atoms with van der Waals surface area (Å²) in [6.07, 6.45) is 3.13. The summed E-state index contributed by atoms with van der Waals surface area (Å²) in [5, 5.41) is 7.92. The summed E-state index contributed by atoms with van der Waals surface area (Å²) in [5.41, 5.74) is 2.29. The van der Waals surface area contributed by atoms with E-state index in [9.17, 15) is 9.59 Å². The Hall–Kier alpha value is -2.70. The zero-order valence-electron chi connectivity index (χ0n) is 14.1. The van der Waals surface area contributed by atoms with Crippen LogP contribution in [0.1, 0.15) is 34.9 Å². The smallest absolute Gasteiger partial charge is 0.275 e. The maximum atomic E-state index is 12.9. The van der Waals surface area contributed by atoms with Crippen LogP contribution in [0.25, 0.3) is 0 Å². The van der Waals surface area contributed by atoms with Crippen molar-refractivity contribution in [2.75, 3.05) is 25.5 Å². The summed E-state index contributed by atoms with van der Waals surface area (Å²) in [5.74, 6) is -0.237. The average Bonchev–Trinajstić information content (AvgIpc) is 3.05. The Bertz CT molecular complexity index is 751. The van der Waals surface area contributed by atoms with Gasteiger partial charge < -0.3 is 9.80 Å². The Balaban J connectivity index is 1.83. The number of hydrogen-bond acceptors (Lipinski definition) is 4. The zero-order valence-corrected chi connectivity index (χ0v) is 14.1. The molecule has 7 heteroatoms. The molecule has 1 fully saturated rings. The second-order valence-electron chi connectivity index (χ2n) is 6.27. The van der Waals surface area contributed by atoms with Crippen molar-refractivity contribution in [1.29, 1.82) is 0 Å². The number of aromatic nitrogens is 3. The molecule has 0 aliphatic carbocycles. The van der Waals surface area contributed by atoms with Gasteiger partial charge in [-0.15, -0.1) is 5.10 Å². The van der Waals surface area contributed by atoms with E-state index < -0.39 is 6.04 Å². The first kappa shape index (κ1) is 16.2. The van der Waals surface area contributed by atoms with Gasteiger partial charge in [-0.25, -0.2) is 4.68 Å². The van der Waals surface area contributed by atoms with E-state index in [1.54, 1.807) is 25.2 Å². The van der Waals surface area contributed by atoms with Crippen LogP contribution in [0.2, 0.25) is 0 Å². The molecule has 0 spiro atoms. The molecule has 7 nitrogen and oxygen atoms in total. The van der Waals surface area contributed by atoms with Crippen molar-refractivity contribution >= 4 is 17.5 Å². The van der Waals surface area contributed by atoms with Crippen LogP contribution in [0.4, 0.5) is 5.69 Å². The largest absolute Gasteiger partial charge is 0.343 e. The van der Waals surface area contributed by atoms with Gasteiger partial charge in [0, 0.05) is 26.3 Å². The normalized spacial score (nSPS) is 17.9. The Morgan fingerprint density at radius 2 is 1.96 bits per heavy atom. The van der Waals surface area contributed by atoms with Gasteiger partial charge in [-0.1, -0.05) is 22.9 Å². The molecule has 1 aromatic heterocycles. The number of rotatable bonds is 3. The molecule has 126 valence electrons. The first-order chi connectivity index (χ1) is 11.5. The van der Waals surface area contributed by atoms with Crippen LogP contribution in [-0.4, -0.2) is 52.3 Å². The van der Waals surface area contributed by atoms with Gasteiger partial charge in [-0.3, -0.25) is 9.59 Å². The predicted octanol–water partition coefficient (Wildman–Crippen LogP) is 1.66. The van der Waals surface area contributed by atoms with Crippen LogP contribution in [0.15, 0.2) is 30.5 Å². The summed E-state index contributed by atoms with van der Waals surface area (Å²) in [6, 6.07) is 7.48. The lowest BCUT2D eigenvalue weighted by Crippen LogP contribution is -2.42. The van der Waals surface area contributed by atoms with Crippen LogP contribution >= 0.6 is 0 Å².